The van der Waals surface area contributed by atoms with Gasteiger partial charge in [0.15, 0.2) is 0 Å². The van der Waals surface area contributed by atoms with E-state index in [9.17, 15) is 0 Å². The maximum atomic E-state index is 2.31. The molecule has 0 unspecified atom stereocenters. The maximum absolute atomic E-state index is 2.31. The Hall–Kier alpha value is -0.534. The Balaban J connectivity index is 0.000000523. The van der Waals surface area contributed by atoms with Crippen LogP contribution in [0.5, 0.6) is 0 Å². The van der Waals surface area contributed by atoms with Gasteiger partial charge in [0.25, 0.3) is 0 Å². The average Bonchev–Trinajstić information content (AvgIpc) is 3.20. The van der Waals surface area contributed by atoms with Gasteiger partial charge in [-0.1, -0.05) is 107 Å². The summed E-state index contributed by atoms with van der Waals surface area (Å²) in [6, 6.07) is 9.26. The number of hydrogen-bond acceptors (Lipinski definition) is 0. The first-order valence-electron chi connectivity index (χ1n) is 11.5. The van der Waals surface area contributed by atoms with Crippen molar-refractivity contribution in [1.82, 2.24) is 0 Å². The van der Waals surface area contributed by atoms with E-state index in [4.69, 9.17) is 0 Å². The van der Waals surface area contributed by atoms with Crippen LogP contribution in [0.3, 0.4) is 0 Å². The van der Waals surface area contributed by atoms with Crippen LogP contribution in [0.1, 0.15) is 152 Å². The second-order valence-corrected chi connectivity index (χ2v) is 10.2. The fourth-order valence-electron chi connectivity index (χ4n) is 4.40. The van der Waals surface area contributed by atoms with Crippen molar-refractivity contribution in [2.75, 3.05) is 0 Å². The minimum atomic E-state index is 0. The molecule has 0 N–H and O–H groups in total. The minimum Gasteiger partial charge on any atom is -0.210 e. The van der Waals surface area contributed by atoms with Gasteiger partial charge in [-0.15, -0.1) is 0 Å². The molecule has 2 aromatic rings. The summed E-state index contributed by atoms with van der Waals surface area (Å²) in [6.45, 7) is 27.5. The molecule has 0 bridgehead atoms. The van der Waals surface area contributed by atoms with Gasteiger partial charge in [-0.3, -0.25) is 0 Å². The molecule has 0 aromatic heterocycles. The van der Waals surface area contributed by atoms with Crippen molar-refractivity contribution in [3.05, 3.63) is 57.6 Å². The molecule has 0 radical (unpaired) electrons. The SMILES string of the molecule is CC(C)c1cc[c-](C(C)C)c1C(C)C.CC(C)c1cc[c-](C(C)C)c1C(C)C.[Mg+2]. The van der Waals surface area contributed by atoms with Gasteiger partial charge in [0, 0.05) is 0 Å². The third-order valence-corrected chi connectivity index (χ3v) is 5.77. The molecule has 0 atom stereocenters. The van der Waals surface area contributed by atoms with Crippen molar-refractivity contribution in [1.29, 1.82) is 0 Å². The van der Waals surface area contributed by atoms with Gasteiger partial charge in [-0.05, 0) is 11.8 Å². The molecule has 0 aliphatic carbocycles. The Bertz CT molecular complexity index is 591. The summed E-state index contributed by atoms with van der Waals surface area (Å²) < 4.78 is 0. The fourth-order valence-corrected chi connectivity index (χ4v) is 4.40. The van der Waals surface area contributed by atoms with Gasteiger partial charge >= 0.3 is 23.1 Å². The molecule has 1 heteroatoms. The van der Waals surface area contributed by atoms with Crippen LogP contribution in [0, 0.1) is 0 Å². The summed E-state index contributed by atoms with van der Waals surface area (Å²) in [7, 11) is 0. The first kappa shape index (κ1) is 28.5. The Labute approximate surface area is 198 Å². The van der Waals surface area contributed by atoms with Crippen molar-refractivity contribution in [2.45, 2.75) is 119 Å². The Morgan fingerprint density at radius 1 is 0.483 bits per heavy atom. The van der Waals surface area contributed by atoms with Gasteiger partial charge in [-0.25, -0.2) is 12.1 Å². The minimum absolute atomic E-state index is 0. The second-order valence-electron chi connectivity index (χ2n) is 10.2. The second kappa shape index (κ2) is 12.4. The average molecular weight is 407 g/mol. The van der Waals surface area contributed by atoms with Crippen molar-refractivity contribution in [2.24, 2.45) is 0 Å². The standard InChI is InChI=1S/2C14H23.Mg/c2*1-9(2)12-7-8-13(10(3)4)14(12)11(5)6;/h2*7-11H,1-6H3;/q2*-1;+2. The molecule has 160 valence electrons. The van der Waals surface area contributed by atoms with E-state index in [1.54, 1.807) is 33.4 Å². The normalized spacial score (nSPS) is 11.7. The topological polar surface area (TPSA) is 0 Å². The van der Waals surface area contributed by atoms with Gasteiger partial charge in [0.1, 0.15) is 0 Å². The van der Waals surface area contributed by atoms with Crippen molar-refractivity contribution in [3.8, 4) is 0 Å². The molecule has 2 rings (SSSR count). The van der Waals surface area contributed by atoms with Crippen LogP contribution in [0.25, 0.3) is 0 Å². The van der Waals surface area contributed by atoms with Gasteiger partial charge < -0.3 is 0 Å². The zero-order chi connectivity index (χ0) is 21.8. The van der Waals surface area contributed by atoms with E-state index in [1.165, 1.54) is 0 Å². The predicted octanol–water partition coefficient (Wildman–Crippen LogP) is 9.17. The first-order valence-corrected chi connectivity index (χ1v) is 11.5. The van der Waals surface area contributed by atoms with E-state index < -0.39 is 0 Å². The predicted molar refractivity (Wildman–Crippen MR) is 134 cm³/mol. The molecule has 0 spiro atoms. The zero-order valence-electron chi connectivity index (χ0n) is 21.5. The summed E-state index contributed by atoms with van der Waals surface area (Å²) in [5.41, 5.74) is 9.37. The molecule has 0 aliphatic rings. The Kier molecular flexibility index (Phi) is 12.1. The summed E-state index contributed by atoms with van der Waals surface area (Å²) >= 11 is 0. The quantitative estimate of drug-likeness (QED) is 0.331. The summed E-state index contributed by atoms with van der Waals surface area (Å²) in [4.78, 5) is 0. The van der Waals surface area contributed by atoms with Crippen LogP contribution in [0.15, 0.2) is 24.3 Å². The molecular weight excluding hydrogens is 361 g/mol. The van der Waals surface area contributed by atoms with Crippen molar-refractivity contribution in [3.63, 3.8) is 0 Å². The molecule has 29 heavy (non-hydrogen) atoms. The van der Waals surface area contributed by atoms with Crippen LogP contribution < -0.4 is 0 Å². The summed E-state index contributed by atoms with van der Waals surface area (Å²) in [6.07, 6.45) is 0. The van der Waals surface area contributed by atoms with Gasteiger partial charge in [0.2, 0.25) is 0 Å². The molecule has 0 saturated heterocycles. The Morgan fingerprint density at radius 3 is 0.931 bits per heavy atom. The van der Waals surface area contributed by atoms with E-state index in [1.807, 2.05) is 0 Å². The van der Waals surface area contributed by atoms with Crippen LogP contribution in [-0.4, -0.2) is 23.1 Å². The maximum Gasteiger partial charge on any atom is 2.00 e. The van der Waals surface area contributed by atoms with E-state index in [-0.39, 0.29) is 23.1 Å². The third kappa shape index (κ3) is 7.28. The van der Waals surface area contributed by atoms with E-state index in [2.05, 4.69) is 107 Å². The van der Waals surface area contributed by atoms with Crippen LogP contribution in [0.2, 0.25) is 0 Å². The van der Waals surface area contributed by atoms with Crippen LogP contribution in [0.4, 0.5) is 0 Å². The number of rotatable bonds is 6. The molecule has 0 heterocycles. The molecule has 0 fully saturated rings. The zero-order valence-corrected chi connectivity index (χ0v) is 22.9. The van der Waals surface area contributed by atoms with Crippen LogP contribution >= 0.6 is 0 Å². The molecule has 0 aliphatic heterocycles. The third-order valence-electron chi connectivity index (χ3n) is 5.77. The monoisotopic (exact) mass is 406 g/mol. The number of hydrogen-bond donors (Lipinski definition) is 0. The van der Waals surface area contributed by atoms with E-state index in [0.29, 0.717) is 35.5 Å². The van der Waals surface area contributed by atoms with Gasteiger partial charge in [-0.2, -0.15) is 45.5 Å². The van der Waals surface area contributed by atoms with Crippen molar-refractivity contribution < 1.29 is 0 Å². The summed E-state index contributed by atoms with van der Waals surface area (Å²) in [5.74, 6) is 3.92. The molecular formula is C28H46Mg. The van der Waals surface area contributed by atoms with Crippen LogP contribution in [-0.2, 0) is 0 Å². The molecule has 0 amide bonds. The largest absolute Gasteiger partial charge is 2.00 e. The van der Waals surface area contributed by atoms with E-state index >= 15 is 0 Å². The Morgan fingerprint density at radius 2 is 0.759 bits per heavy atom. The molecule has 0 saturated carbocycles. The fraction of sp³-hybridized carbons (Fsp3) is 0.643. The first-order chi connectivity index (χ1) is 12.9. The summed E-state index contributed by atoms with van der Waals surface area (Å²) in [5, 5.41) is 0. The van der Waals surface area contributed by atoms with Gasteiger partial charge in [0.05, 0.1) is 0 Å². The molecule has 0 nitrogen and oxygen atoms in total. The molecule has 2 aromatic carbocycles. The van der Waals surface area contributed by atoms with E-state index in [0.717, 1.165) is 0 Å². The van der Waals surface area contributed by atoms with Crippen molar-refractivity contribution >= 4 is 23.1 Å². The smallest absolute Gasteiger partial charge is 0.210 e.